The largest absolute Gasteiger partial charge is 0.463 e. The first-order valence-corrected chi connectivity index (χ1v) is 12.0. The zero-order valence-corrected chi connectivity index (χ0v) is 19.1. The molecule has 0 saturated heterocycles. The van der Waals surface area contributed by atoms with Crippen LogP contribution in [0.4, 0.5) is 0 Å². The van der Waals surface area contributed by atoms with Crippen LogP contribution in [-0.4, -0.2) is 39.4 Å². The number of amides is 2. The number of fused-ring (bicyclic) bond motifs is 1. The molecule has 3 aromatic rings. The van der Waals surface area contributed by atoms with Gasteiger partial charge in [-0.25, -0.2) is 0 Å². The van der Waals surface area contributed by atoms with Gasteiger partial charge in [-0.05, 0) is 62.4 Å². The quantitative estimate of drug-likeness (QED) is 0.575. The minimum Gasteiger partial charge on any atom is -0.463 e. The van der Waals surface area contributed by atoms with E-state index in [0.717, 1.165) is 44.2 Å². The van der Waals surface area contributed by atoms with Crippen molar-refractivity contribution in [3.63, 3.8) is 0 Å². The number of furan rings is 1. The van der Waals surface area contributed by atoms with Crippen molar-refractivity contribution >= 4 is 11.8 Å². The molecule has 172 valence electrons. The minimum atomic E-state index is -0.969. The smallest absolute Gasteiger partial charge is 0.271 e. The molecule has 0 spiro atoms. The van der Waals surface area contributed by atoms with Crippen molar-refractivity contribution in [2.75, 3.05) is 6.54 Å². The first-order chi connectivity index (χ1) is 16.1. The van der Waals surface area contributed by atoms with Crippen LogP contribution in [0.1, 0.15) is 55.1 Å². The fraction of sp³-hybridized carbons (Fsp3) is 0.407. The molecule has 0 bridgehead atoms. The Balaban J connectivity index is 1.44. The van der Waals surface area contributed by atoms with Gasteiger partial charge in [0.05, 0.1) is 18.5 Å². The fourth-order valence-electron chi connectivity index (χ4n) is 5.26. The standard InChI is InChI=1S/C27H31N3O3/c1-27(26(32)28-21-12-5-6-13-21)19-29-22(24-14-8-18-33-24)15-16-23(29)25(31)30(27)17-7-11-20-9-3-2-4-10-20/h2-4,8-10,14-16,18,21H,5-7,11-13,17,19H2,1H3,(H,28,32). The van der Waals surface area contributed by atoms with Crippen LogP contribution in [0, 0.1) is 0 Å². The molecule has 1 N–H and O–H groups in total. The van der Waals surface area contributed by atoms with Crippen LogP contribution in [0.15, 0.2) is 65.3 Å². The van der Waals surface area contributed by atoms with Gasteiger partial charge in [-0.2, -0.15) is 0 Å². The van der Waals surface area contributed by atoms with E-state index in [0.29, 0.717) is 24.5 Å². The maximum atomic E-state index is 13.7. The molecule has 1 saturated carbocycles. The summed E-state index contributed by atoms with van der Waals surface area (Å²) in [6, 6.07) is 18.0. The van der Waals surface area contributed by atoms with Crippen molar-refractivity contribution in [1.82, 2.24) is 14.8 Å². The number of rotatable bonds is 7. The highest BCUT2D eigenvalue weighted by atomic mass is 16.3. The third-order valence-corrected chi connectivity index (χ3v) is 7.15. The molecule has 33 heavy (non-hydrogen) atoms. The van der Waals surface area contributed by atoms with Gasteiger partial charge in [0.15, 0.2) is 0 Å². The molecule has 6 heteroatoms. The molecule has 1 unspecified atom stereocenters. The van der Waals surface area contributed by atoms with Gasteiger partial charge in [-0.15, -0.1) is 0 Å². The summed E-state index contributed by atoms with van der Waals surface area (Å²) in [5.74, 6) is 0.536. The third kappa shape index (κ3) is 4.10. The Labute approximate surface area is 194 Å². The second kappa shape index (κ2) is 8.93. The molecule has 0 radical (unpaired) electrons. The molecule has 5 rings (SSSR count). The second-order valence-corrected chi connectivity index (χ2v) is 9.44. The van der Waals surface area contributed by atoms with Gasteiger partial charge in [0.2, 0.25) is 5.91 Å². The van der Waals surface area contributed by atoms with Gasteiger partial charge in [0.1, 0.15) is 17.0 Å². The number of aromatic nitrogens is 1. The zero-order chi connectivity index (χ0) is 22.8. The summed E-state index contributed by atoms with van der Waals surface area (Å²) in [6.45, 7) is 2.84. The summed E-state index contributed by atoms with van der Waals surface area (Å²) in [5, 5.41) is 3.26. The Kier molecular flexibility index (Phi) is 5.83. The molecule has 3 heterocycles. The predicted molar refractivity (Wildman–Crippen MR) is 127 cm³/mol. The lowest BCUT2D eigenvalue weighted by atomic mass is 9.93. The topological polar surface area (TPSA) is 67.5 Å². The Bertz CT molecular complexity index is 1110. The van der Waals surface area contributed by atoms with E-state index in [9.17, 15) is 9.59 Å². The third-order valence-electron chi connectivity index (χ3n) is 7.15. The van der Waals surface area contributed by atoms with Gasteiger partial charge >= 0.3 is 0 Å². The average molecular weight is 446 g/mol. The van der Waals surface area contributed by atoms with Crippen molar-refractivity contribution in [2.45, 2.75) is 63.6 Å². The molecule has 2 aromatic heterocycles. The maximum Gasteiger partial charge on any atom is 0.271 e. The lowest BCUT2D eigenvalue weighted by Gasteiger charge is -2.44. The van der Waals surface area contributed by atoms with Crippen molar-refractivity contribution in [2.24, 2.45) is 0 Å². The Morgan fingerprint density at radius 1 is 1.06 bits per heavy atom. The first-order valence-electron chi connectivity index (χ1n) is 12.0. The maximum absolute atomic E-state index is 13.7. The van der Waals surface area contributed by atoms with Gasteiger partial charge < -0.3 is 19.2 Å². The number of carbonyl (C=O) groups excluding carboxylic acids is 2. The number of aryl methyl sites for hydroxylation is 1. The van der Waals surface area contributed by atoms with E-state index in [-0.39, 0.29) is 17.9 Å². The van der Waals surface area contributed by atoms with E-state index < -0.39 is 5.54 Å². The van der Waals surface area contributed by atoms with E-state index in [1.54, 1.807) is 11.2 Å². The summed E-state index contributed by atoms with van der Waals surface area (Å²) in [5.41, 5.74) is 1.70. The summed E-state index contributed by atoms with van der Waals surface area (Å²) >= 11 is 0. The first kappa shape index (κ1) is 21.6. The normalized spacial score (nSPS) is 20.8. The Hall–Kier alpha value is -3.28. The molecule has 1 aliphatic carbocycles. The summed E-state index contributed by atoms with van der Waals surface area (Å²) in [6.07, 6.45) is 7.60. The number of nitrogens with zero attached hydrogens (tertiary/aromatic N) is 2. The van der Waals surface area contributed by atoms with E-state index in [1.807, 2.05) is 54.0 Å². The predicted octanol–water partition coefficient (Wildman–Crippen LogP) is 4.65. The van der Waals surface area contributed by atoms with Crippen molar-refractivity contribution in [3.05, 3.63) is 72.1 Å². The lowest BCUT2D eigenvalue weighted by Crippen LogP contribution is -2.65. The van der Waals surface area contributed by atoms with Gasteiger partial charge in [0.25, 0.3) is 5.91 Å². The van der Waals surface area contributed by atoms with E-state index in [4.69, 9.17) is 4.42 Å². The number of nitrogens with one attached hydrogen (secondary N) is 1. The summed E-state index contributed by atoms with van der Waals surface area (Å²) in [4.78, 5) is 29.1. The number of carbonyl (C=O) groups is 2. The minimum absolute atomic E-state index is 0.0628. The summed E-state index contributed by atoms with van der Waals surface area (Å²) < 4.78 is 7.56. The molecule has 6 nitrogen and oxygen atoms in total. The molecule has 2 aliphatic rings. The SMILES string of the molecule is CC1(C(=O)NC2CCCC2)Cn2c(ccc2-c2ccco2)C(=O)N1CCCc1ccccc1. The van der Waals surface area contributed by atoms with Gasteiger partial charge in [-0.1, -0.05) is 43.2 Å². The van der Waals surface area contributed by atoms with E-state index >= 15 is 0 Å². The molecule has 1 fully saturated rings. The average Bonchev–Trinajstić information content (AvgIpc) is 3.58. The fourth-order valence-corrected chi connectivity index (χ4v) is 5.26. The highest BCUT2D eigenvalue weighted by Gasteiger charge is 2.48. The Morgan fingerprint density at radius 3 is 2.55 bits per heavy atom. The number of hydrogen-bond acceptors (Lipinski definition) is 3. The molecule has 1 aliphatic heterocycles. The second-order valence-electron chi connectivity index (χ2n) is 9.44. The molecule has 1 atom stereocenters. The van der Waals surface area contributed by atoms with Crippen molar-refractivity contribution in [3.8, 4) is 11.5 Å². The van der Waals surface area contributed by atoms with Crippen LogP contribution >= 0.6 is 0 Å². The van der Waals surface area contributed by atoms with Crippen LogP contribution in [0.2, 0.25) is 0 Å². The molecule has 1 aromatic carbocycles. The molecular formula is C27H31N3O3. The van der Waals surface area contributed by atoms with E-state index in [2.05, 4.69) is 17.4 Å². The number of hydrogen-bond donors (Lipinski definition) is 1. The lowest BCUT2D eigenvalue weighted by molar-refractivity contribution is -0.133. The van der Waals surface area contributed by atoms with Crippen LogP contribution in [0.5, 0.6) is 0 Å². The highest BCUT2D eigenvalue weighted by molar-refractivity contribution is 6.00. The number of benzene rings is 1. The molecular weight excluding hydrogens is 414 g/mol. The van der Waals surface area contributed by atoms with Crippen molar-refractivity contribution < 1.29 is 14.0 Å². The van der Waals surface area contributed by atoms with Crippen molar-refractivity contribution in [1.29, 1.82) is 0 Å². The van der Waals surface area contributed by atoms with Crippen LogP contribution in [-0.2, 0) is 17.8 Å². The van der Waals surface area contributed by atoms with Crippen LogP contribution in [0.25, 0.3) is 11.5 Å². The van der Waals surface area contributed by atoms with Crippen LogP contribution in [0.3, 0.4) is 0 Å². The van der Waals surface area contributed by atoms with Gasteiger partial charge in [0, 0.05) is 12.6 Å². The highest BCUT2D eigenvalue weighted by Crippen LogP contribution is 2.34. The monoisotopic (exact) mass is 445 g/mol. The van der Waals surface area contributed by atoms with Gasteiger partial charge in [-0.3, -0.25) is 9.59 Å². The summed E-state index contributed by atoms with van der Waals surface area (Å²) in [7, 11) is 0. The zero-order valence-electron chi connectivity index (χ0n) is 19.1. The molecule has 2 amide bonds. The van der Waals surface area contributed by atoms with E-state index in [1.165, 1.54) is 5.56 Å². The Morgan fingerprint density at radius 2 is 1.82 bits per heavy atom. The van der Waals surface area contributed by atoms with Crippen LogP contribution < -0.4 is 5.32 Å².